The van der Waals surface area contributed by atoms with E-state index in [4.69, 9.17) is 0 Å². The van der Waals surface area contributed by atoms with Crippen molar-refractivity contribution in [3.05, 3.63) is 34.9 Å². The fourth-order valence-corrected chi connectivity index (χ4v) is 1.30. The van der Waals surface area contributed by atoms with Crippen molar-refractivity contribution < 1.29 is 22.0 Å². The van der Waals surface area contributed by atoms with E-state index >= 15 is 0 Å². The van der Waals surface area contributed by atoms with Crippen molar-refractivity contribution in [3.8, 4) is 0 Å². The third kappa shape index (κ3) is 2.67. The molecule has 1 rings (SSSR count). The third-order valence-electron chi connectivity index (χ3n) is 2.09. The molecule has 0 radical (unpaired) electrons. The van der Waals surface area contributed by atoms with Gasteiger partial charge in [-0.05, 0) is 24.1 Å². The molecule has 84 valence electrons. The number of hydrogen-bond donors (Lipinski definition) is 0. The molecule has 0 amide bonds. The number of benzene rings is 1. The molecular weight excluding hydrogens is 215 g/mol. The molecule has 0 saturated heterocycles. The summed E-state index contributed by atoms with van der Waals surface area (Å²) in [7, 11) is 0. The Labute approximate surface area is 83.7 Å². The maximum atomic E-state index is 12.4. The summed E-state index contributed by atoms with van der Waals surface area (Å²) in [6.45, 7) is 1.54. The zero-order chi connectivity index (χ0) is 11.6. The molecule has 0 nitrogen and oxygen atoms in total. The van der Waals surface area contributed by atoms with Gasteiger partial charge in [0, 0.05) is 5.56 Å². The number of hydrogen-bond acceptors (Lipinski definition) is 0. The van der Waals surface area contributed by atoms with Crippen LogP contribution in [-0.2, 0) is 12.6 Å². The van der Waals surface area contributed by atoms with Crippen LogP contribution in [0, 0.1) is 0 Å². The zero-order valence-corrected chi connectivity index (χ0v) is 7.91. The molecule has 0 N–H and O–H groups in total. The second-order valence-corrected chi connectivity index (χ2v) is 3.07. The maximum absolute atomic E-state index is 12.4. The van der Waals surface area contributed by atoms with Crippen LogP contribution < -0.4 is 0 Å². The molecule has 0 spiro atoms. The third-order valence-corrected chi connectivity index (χ3v) is 2.09. The Bertz CT molecular complexity index is 340. The predicted molar refractivity (Wildman–Crippen MR) is 45.8 cm³/mol. The summed E-state index contributed by atoms with van der Waals surface area (Å²) in [4.78, 5) is 0. The van der Waals surface area contributed by atoms with Crippen LogP contribution in [0.3, 0.4) is 0 Å². The quantitative estimate of drug-likeness (QED) is 0.660. The minimum absolute atomic E-state index is 0.0415. The van der Waals surface area contributed by atoms with E-state index in [9.17, 15) is 22.0 Å². The van der Waals surface area contributed by atoms with Crippen molar-refractivity contribution in [2.75, 3.05) is 0 Å². The van der Waals surface area contributed by atoms with Crippen molar-refractivity contribution >= 4 is 0 Å². The molecule has 1 aromatic rings. The summed E-state index contributed by atoms with van der Waals surface area (Å²) in [6, 6.07) is 2.30. The lowest BCUT2D eigenvalue weighted by Crippen LogP contribution is -2.06. The average Bonchev–Trinajstić information content (AvgIpc) is 2.15. The van der Waals surface area contributed by atoms with Crippen LogP contribution in [0.2, 0.25) is 0 Å². The van der Waals surface area contributed by atoms with E-state index in [0.29, 0.717) is 6.07 Å². The van der Waals surface area contributed by atoms with Gasteiger partial charge in [-0.25, -0.2) is 8.78 Å². The van der Waals surface area contributed by atoms with Crippen LogP contribution in [0.15, 0.2) is 18.2 Å². The van der Waals surface area contributed by atoms with Gasteiger partial charge in [0.2, 0.25) is 0 Å². The molecule has 0 fully saturated rings. The second-order valence-electron chi connectivity index (χ2n) is 3.07. The van der Waals surface area contributed by atoms with Crippen molar-refractivity contribution in [2.24, 2.45) is 0 Å². The van der Waals surface area contributed by atoms with Crippen LogP contribution in [0.4, 0.5) is 22.0 Å². The largest absolute Gasteiger partial charge is 0.416 e. The van der Waals surface area contributed by atoms with Gasteiger partial charge in [0.05, 0.1) is 5.56 Å². The fraction of sp³-hybridized carbons (Fsp3) is 0.400. The van der Waals surface area contributed by atoms with Crippen molar-refractivity contribution in [1.82, 2.24) is 0 Å². The Morgan fingerprint density at radius 2 is 1.80 bits per heavy atom. The van der Waals surface area contributed by atoms with Gasteiger partial charge in [-0.2, -0.15) is 13.2 Å². The van der Waals surface area contributed by atoms with E-state index in [2.05, 4.69) is 0 Å². The van der Waals surface area contributed by atoms with Gasteiger partial charge in [0.15, 0.2) is 0 Å². The zero-order valence-electron chi connectivity index (χ0n) is 7.91. The molecule has 0 aromatic heterocycles. The first kappa shape index (κ1) is 11.9. The number of halogens is 5. The first-order valence-corrected chi connectivity index (χ1v) is 4.34. The Morgan fingerprint density at radius 3 is 2.20 bits per heavy atom. The van der Waals surface area contributed by atoms with Crippen LogP contribution >= 0.6 is 0 Å². The Hall–Kier alpha value is -1.13. The lowest BCUT2D eigenvalue weighted by atomic mass is 10.0. The van der Waals surface area contributed by atoms with Crippen molar-refractivity contribution in [1.29, 1.82) is 0 Å². The smallest absolute Gasteiger partial charge is 0.205 e. The lowest BCUT2D eigenvalue weighted by molar-refractivity contribution is -0.137. The maximum Gasteiger partial charge on any atom is 0.416 e. The number of alkyl halides is 5. The SMILES string of the molecule is CCc1cc(C(F)(F)F)ccc1C(F)F. The van der Waals surface area contributed by atoms with Gasteiger partial charge < -0.3 is 0 Å². The topological polar surface area (TPSA) is 0 Å². The summed E-state index contributed by atoms with van der Waals surface area (Å²) in [5, 5.41) is 0. The van der Waals surface area contributed by atoms with E-state index in [-0.39, 0.29) is 17.5 Å². The van der Waals surface area contributed by atoms with Crippen molar-refractivity contribution in [3.63, 3.8) is 0 Å². The summed E-state index contributed by atoms with van der Waals surface area (Å²) in [5.41, 5.74) is -1.17. The van der Waals surface area contributed by atoms with E-state index < -0.39 is 18.2 Å². The molecule has 0 aliphatic heterocycles. The highest BCUT2D eigenvalue weighted by atomic mass is 19.4. The molecule has 1 aromatic carbocycles. The molecule has 0 atom stereocenters. The monoisotopic (exact) mass is 224 g/mol. The van der Waals surface area contributed by atoms with E-state index in [1.807, 2.05) is 0 Å². The van der Waals surface area contributed by atoms with E-state index in [1.54, 1.807) is 6.92 Å². The molecule has 0 bridgehead atoms. The normalized spacial score (nSPS) is 12.2. The lowest BCUT2D eigenvalue weighted by Gasteiger charge is -2.11. The summed E-state index contributed by atoms with van der Waals surface area (Å²) < 4.78 is 61.5. The average molecular weight is 224 g/mol. The second kappa shape index (κ2) is 4.16. The minimum atomic E-state index is -4.48. The van der Waals surface area contributed by atoms with Gasteiger partial charge in [0.1, 0.15) is 0 Å². The van der Waals surface area contributed by atoms with Gasteiger partial charge in [0.25, 0.3) is 6.43 Å². The van der Waals surface area contributed by atoms with Gasteiger partial charge >= 0.3 is 6.18 Å². The Morgan fingerprint density at radius 1 is 1.20 bits per heavy atom. The van der Waals surface area contributed by atoms with Gasteiger partial charge in [-0.15, -0.1) is 0 Å². The first-order chi connectivity index (χ1) is 6.86. The van der Waals surface area contributed by atoms with Gasteiger partial charge in [-0.3, -0.25) is 0 Å². The number of rotatable bonds is 2. The highest BCUT2D eigenvalue weighted by molar-refractivity contribution is 5.34. The van der Waals surface area contributed by atoms with Crippen LogP contribution in [0.25, 0.3) is 0 Å². The fourth-order valence-electron chi connectivity index (χ4n) is 1.30. The summed E-state index contributed by atoms with van der Waals surface area (Å²) >= 11 is 0. The van der Waals surface area contributed by atoms with Crippen LogP contribution in [0.1, 0.15) is 30.0 Å². The highest BCUT2D eigenvalue weighted by Gasteiger charge is 2.31. The Balaban J connectivity index is 3.19. The molecule has 0 heterocycles. The molecule has 0 aliphatic rings. The minimum Gasteiger partial charge on any atom is -0.205 e. The molecule has 0 aliphatic carbocycles. The molecule has 0 unspecified atom stereocenters. The van der Waals surface area contributed by atoms with Gasteiger partial charge in [-0.1, -0.05) is 13.0 Å². The van der Waals surface area contributed by atoms with Crippen LogP contribution in [0.5, 0.6) is 0 Å². The molecule has 0 saturated carbocycles. The Kier molecular flexibility index (Phi) is 3.31. The predicted octanol–water partition coefficient (Wildman–Crippen LogP) is 4.21. The molecular formula is C10H9F5. The van der Waals surface area contributed by atoms with Crippen LogP contribution in [-0.4, -0.2) is 0 Å². The van der Waals surface area contributed by atoms with E-state index in [1.165, 1.54) is 0 Å². The van der Waals surface area contributed by atoms with E-state index in [0.717, 1.165) is 12.1 Å². The first-order valence-electron chi connectivity index (χ1n) is 4.34. The summed E-state index contributed by atoms with van der Waals surface area (Å²) in [5.74, 6) is 0. The number of aryl methyl sites for hydroxylation is 1. The molecule has 15 heavy (non-hydrogen) atoms. The van der Waals surface area contributed by atoms with Crippen molar-refractivity contribution in [2.45, 2.75) is 25.9 Å². The molecule has 5 heteroatoms. The summed E-state index contributed by atoms with van der Waals surface area (Å²) in [6.07, 6.45) is -7.06. The highest BCUT2D eigenvalue weighted by Crippen LogP contribution is 2.33. The standard InChI is InChI=1S/C10H9F5/c1-2-6-5-7(10(13,14)15)3-4-8(6)9(11)12/h3-5,9H,2H2,1H3.